The van der Waals surface area contributed by atoms with Crippen LogP contribution in [-0.4, -0.2) is 43.8 Å². The largest absolute Gasteiger partial charge is 0.299 e. The Kier molecular flexibility index (Phi) is 8.56. The van der Waals surface area contributed by atoms with Gasteiger partial charge in [-0.15, -0.1) is 0 Å². The molecule has 0 aromatic heterocycles. The maximum atomic E-state index is 14.6. The summed E-state index contributed by atoms with van der Waals surface area (Å²) in [6, 6.07) is 28.4. The van der Waals surface area contributed by atoms with E-state index < -0.39 is 44.1 Å². The van der Waals surface area contributed by atoms with Crippen LogP contribution in [0.2, 0.25) is 0 Å². The number of carbonyl (C=O) groups excluding carboxylic acids is 1. The van der Waals surface area contributed by atoms with Crippen LogP contribution in [0.25, 0.3) is 0 Å². The van der Waals surface area contributed by atoms with Gasteiger partial charge in [-0.05, 0) is 67.6 Å². The standard InChI is InChI=1S/C36H38N2O5S2/c1-4-27-14-16-29(17-15-27)33-22-35-32(24-37(33)44(40,41)30-18-10-25(2)11-19-30)36(39)23-34(28-8-6-5-7-9-28)38(35)45(42,43)31-20-12-26(3)13-21-31/h5-21,32-35H,4,22-24H2,1-3H3/t32-,33+,34+,35+/m1/s1. The molecule has 0 N–H and O–H groups in total. The highest BCUT2D eigenvalue weighted by Gasteiger charge is 2.54. The van der Waals surface area contributed by atoms with Crippen molar-refractivity contribution in [3.8, 4) is 0 Å². The summed E-state index contributed by atoms with van der Waals surface area (Å²) in [6.07, 6.45) is 0.933. The fourth-order valence-corrected chi connectivity index (χ4v) is 10.2. The number of piperidine rings is 2. The molecule has 0 aliphatic carbocycles. The molecule has 7 nitrogen and oxygen atoms in total. The van der Waals surface area contributed by atoms with Gasteiger partial charge in [0, 0.05) is 24.9 Å². The van der Waals surface area contributed by atoms with Crippen LogP contribution in [0.4, 0.5) is 0 Å². The highest BCUT2D eigenvalue weighted by atomic mass is 32.2. The lowest BCUT2D eigenvalue weighted by molar-refractivity contribution is -0.132. The van der Waals surface area contributed by atoms with Gasteiger partial charge in [-0.25, -0.2) is 16.8 Å². The number of sulfonamides is 2. The normalized spacial score (nSPS) is 23.0. The van der Waals surface area contributed by atoms with Crippen LogP contribution < -0.4 is 0 Å². The fraction of sp³-hybridized carbons (Fsp3) is 0.306. The molecule has 4 aromatic carbocycles. The summed E-state index contributed by atoms with van der Waals surface area (Å²) in [5.74, 6) is -0.954. The smallest absolute Gasteiger partial charge is 0.243 e. The zero-order chi connectivity index (χ0) is 31.9. The Labute approximate surface area is 266 Å². The number of hydrogen-bond donors (Lipinski definition) is 0. The van der Waals surface area contributed by atoms with E-state index in [4.69, 9.17) is 0 Å². The molecule has 0 amide bonds. The average Bonchev–Trinajstić information content (AvgIpc) is 3.05. The Morgan fingerprint density at radius 3 is 1.76 bits per heavy atom. The molecule has 0 unspecified atom stereocenters. The number of benzene rings is 4. The van der Waals surface area contributed by atoms with Gasteiger partial charge in [0.25, 0.3) is 0 Å². The van der Waals surface area contributed by atoms with Crippen molar-refractivity contribution >= 4 is 25.8 Å². The van der Waals surface area contributed by atoms with Gasteiger partial charge in [0.2, 0.25) is 20.0 Å². The zero-order valence-corrected chi connectivity index (χ0v) is 27.3. The third-order valence-corrected chi connectivity index (χ3v) is 13.1. The predicted molar refractivity (Wildman–Crippen MR) is 175 cm³/mol. The fourth-order valence-electron chi connectivity index (χ4n) is 6.72. The Bertz CT molecular complexity index is 1890. The molecule has 0 radical (unpaired) electrons. The van der Waals surface area contributed by atoms with Crippen molar-refractivity contribution in [2.24, 2.45) is 5.92 Å². The molecule has 6 rings (SSSR count). The van der Waals surface area contributed by atoms with Crippen LogP contribution in [-0.2, 0) is 31.3 Å². The SMILES string of the molecule is CCc1ccc([C@@H]2C[C@H]3[C@@H](CN2S(=O)(=O)c2ccc(C)cc2)C(=O)C[C@@H](c2ccccc2)N3S(=O)(=O)c2ccc(C)cc2)cc1. The minimum Gasteiger partial charge on any atom is -0.299 e. The molecule has 234 valence electrons. The van der Waals surface area contributed by atoms with Gasteiger partial charge < -0.3 is 0 Å². The van der Waals surface area contributed by atoms with Gasteiger partial charge in [0.1, 0.15) is 5.78 Å². The van der Waals surface area contributed by atoms with Crippen molar-refractivity contribution in [3.05, 3.63) is 131 Å². The number of Topliss-reactive ketones (excluding diaryl/α,β-unsaturated/α-hetero) is 1. The lowest BCUT2D eigenvalue weighted by Gasteiger charge is -2.51. The van der Waals surface area contributed by atoms with Gasteiger partial charge in [0.15, 0.2) is 0 Å². The second-order valence-corrected chi connectivity index (χ2v) is 15.9. The number of rotatable bonds is 7. The molecule has 2 saturated heterocycles. The molecule has 2 aliphatic rings. The summed E-state index contributed by atoms with van der Waals surface area (Å²) in [5.41, 5.74) is 4.49. The average molecular weight is 643 g/mol. The van der Waals surface area contributed by atoms with Crippen molar-refractivity contribution in [2.45, 2.75) is 68.0 Å². The van der Waals surface area contributed by atoms with Crippen molar-refractivity contribution in [2.75, 3.05) is 6.54 Å². The first-order valence-electron chi connectivity index (χ1n) is 15.4. The molecule has 2 fully saturated rings. The van der Waals surface area contributed by atoms with E-state index in [9.17, 15) is 21.6 Å². The van der Waals surface area contributed by atoms with E-state index >= 15 is 0 Å². The van der Waals surface area contributed by atoms with E-state index in [0.29, 0.717) is 0 Å². The van der Waals surface area contributed by atoms with E-state index in [1.165, 1.54) is 8.61 Å². The van der Waals surface area contributed by atoms with E-state index in [0.717, 1.165) is 34.2 Å². The minimum absolute atomic E-state index is 0.0371. The van der Waals surface area contributed by atoms with Crippen LogP contribution in [0.3, 0.4) is 0 Å². The second kappa shape index (κ2) is 12.3. The monoisotopic (exact) mass is 642 g/mol. The van der Waals surface area contributed by atoms with Crippen LogP contribution in [0.1, 0.15) is 59.7 Å². The van der Waals surface area contributed by atoms with Gasteiger partial charge in [0.05, 0.1) is 21.9 Å². The quantitative estimate of drug-likeness (QED) is 0.233. The highest BCUT2D eigenvalue weighted by molar-refractivity contribution is 7.89. The molecule has 0 bridgehead atoms. The van der Waals surface area contributed by atoms with Gasteiger partial charge in [-0.2, -0.15) is 8.61 Å². The van der Waals surface area contributed by atoms with Crippen molar-refractivity contribution in [1.29, 1.82) is 0 Å². The second-order valence-electron chi connectivity index (χ2n) is 12.2. The summed E-state index contributed by atoms with van der Waals surface area (Å²) in [7, 11) is -8.11. The molecule has 0 spiro atoms. The van der Waals surface area contributed by atoms with Crippen molar-refractivity contribution in [1.82, 2.24) is 8.61 Å². The number of aryl methyl sites for hydroxylation is 3. The zero-order valence-electron chi connectivity index (χ0n) is 25.7. The highest BCUT2D eigenvalue weighted by Crippen LogP contribution is 2.48. The molecule has 2 aliphatic heterocycles. The molecule has 2 heterocycles. The number of ketones is 1. The first-order valence-corrected chi connectivity index (χ1v) is 18.2. The van der Waals surface area contributed by atoms with E-state index in [1.54, 1.807) is 48.5 Å². The number of hydrogen-bond acceptors (Lipinski definition) is 5. The summed E-state index contributed by atoms with van der Waals surface area (Å²) in [4.78, 5) is 14.3. The van der Waals surface area contributed by atoms with Crippen LogP contribution in [0, 0.1) is 19.8 Å². The van der Waals surface area contributed by atoms with Gasteiger partial charge >= 0.3 is 0 Å². The maximum Gasteiger partial charge on any atom is 0.243 e. The van der Waals surface area contributed by atoms with E-state index in [-0.39, 0.29) is 35.0 Å². The van der Waals surface area contributed by atoms with Crippen molar-refractivity contribution < 1.29 is 21.6 Å². The molecular formula is C36H38N2O5S2. The predicted octanol–water partition coefficient (Wildman–Crippen LogP) is 6.39. The summed E-state index contributed by atoms with van der Waals surface area (Å²) in [5, 5.41) is 0. The molecule has 4 atom stereocenters. The molecule has 4 aromatic rings. The third-order valence-electron chi connectivity index (χ3n) is 9.28. The Balaban J connectivity index is 1.50. The Morgan fingerprint density at radius 1 is 0.667 bits per heavy atom. The van der Waals surface area contributed by atoms with Gasteiger partial charge in [-0.1, -0.05) is 96.9 Å². The van der Waals surface area contributed by atoms with Crippen LogP contribution in [0.15, 0.2) is 113 Å². The van der Waals surface area contributed by atoms with Crippen LogP contribution in [0.5, 0.6) is 0 Å². The topological polar surface area (TPSA) is 91.8 Å². The lowest BCUT2D eigenvalue weighted by atomic mass is 9.77. The first-order chi connectivity index (χ1) is 21.5. The Hall–Kier alpha value is -3.63. The molecule has 9 heteroatoms. The molecule has 45 heavy (non-hydrogen) atoms. The summed E-state index contributed by atoms with van der Waals surface area (Å²) >= 11 is 0. The molecule has 0 saturated carbocycles. The van der Waals surface area contributed by atoms with Crippen molar-refractivity contribution in [3.63, 3.8) is 0 Å². The maximum absolute atomic E-state index is 14.6. The summed E-state index contributed by atoms with van der Waals surface area (Å²) in [6.45, 7) is 5.74. The lowest BCUT2D eigenvalue weighted by Crippen LogP contribution is -2.60. The minimum atomic E-state index is -4.08. The summed E-state index contributed by atoms with van der Waals surface area (Å²) < 4.78 is 60.7. The number of carbonyl (C=O) groups is 1. The molecular weight excluding hydrogens is 605 g/mol. The van der Waals surface area contributed by atoms with E-state index in [2.05, 4.69) is 6.92 Å². The number of nitrogens with zero attached hydrogens (tertiary/aromatic N) is 2. The van der Waals surface area contributed by atoms with E-state index in [1.807, 2.05) is 68.4 Å². The van der Waals surface area contributed by atoms with Gasteiger partial charge in [-0.3, -0.25) is 4.79 Å². The first kappa shape index (κ1) is 31.4. The Morgan fingerprint density at radius 2 is 1.20 bits per heavy atom. The third kappa shape index (κ3) is 5.90. The number of fused-ring (bicyclic) bond motifs is 1. The van der Waals surface area contributed by atoms with Crippen LogP contribution >= 0.6 is 0 Å².